The molecular formula is C13H14BrFN4. The maximum Gasteiger partial charge on any atom is 0.224 e. The highest BCUT2D eigenvalue weighted by atomic mass is 79.9. The summed E-state index contributed by atoms with van der Waals surface area (Å²) < 4.78 is 14.0. The third kappa shape index (κ3) is 3.41. The van der Waals surface area contributed by atoms with Crippen LogP contribution in [0.5, 0.6) is 0 Å². The van der Waals surface area contributed by atoms with Crippen LogP contribution in [0.2, 0.25) is 0 Å². The van der Waals surface area contributed by atoms with Crippen molar-refractivity contribution in [1.82, 2.24) is 9.97 Å². The molecule has 6 heteroatoms. The van der Waals surface area contributed by atoms with Gasteiger partial charge in [-0.3, -0.25) is 0 Å². The molecule has 4 nitrogen and oxygen atoms in total. The Morgan fingerprint density at radius 1 is 1.42 bits per heavy atom. The lowest BCUT2D eigenvalue weighted by atomic mass is 10.2. The zero-order valence-electron chi connectivity index (χ0n) is 10.7. The largest absolute Gasteiger partial charge is 0.357 e. The Hall–Kier alpha value is -1.69. The Balaban J connectivity index is 2.22. The number of nitrogens with one attached hydrogen (secondary N) is 1. The van der Waals surface area contributed by atoms with Gasteiger partial charge in [0.05, 0.1) is 4.47 Å². The Kier molecular flexibility index (Phi) is 4.31. The van der Waals surface area contributed by atoms with Crippen molar-refractivity contribution in [3.8, 4) is 0 Å². The number of benzene rings is 1. The fourth-order valence-electron chi connectivity index (χ4n) is 1.73. The minimum atomic E-state index is -0.233. The van der Waals surface area contributed by atoms with Crippen molar-refractivity contribution in [3.63, 3.8) is 0 Å². The highest BCUT2D eigenvalue weighted by Gasteiger charge is 2.10. The van der Waals surface area contributed by atoms with E-state index in [1.54, 1.807) is 19.3 Å². The molecule has 0 saturated heterocycles. The van der Waals surface area contributed by atoms with Crippen molar-refractivity contribution in [1.29, 1.82) is 0 Å². The van der Waals surface area contributed by atoms with Gasteiger partial charge in [0.15, 0.2) is 0 Å². The minimum absolute atomic E-state index is 0.233. The van der Waals surface area contributed by atoms with Crippen LogP contribution in [0, 0.1) is 5.82 Å². The smallest absolute Gasteiger partial charge is 0.224 e. The normalized spacial score (nSPS) is 10.3. The number of hydrogen-bond acceptors (Lipinski definition) is 4. The van der Waals surface area contributed by atoms with Crippen LogP contribution in [0.15, 0.2) is 34.9 Å². The number of hydrogen-bond donors (Lipinski definition) is 1. The average molecular weight is 325 g/mol. The van der Waals surface area contributed by atoms with E-state index in [2.05, 4.69) is 31.2 Å². The third-order valence-corrected chi connectivity index (χ3v) is 3.18. The molecule has 1 heterocycles. The van der Waals surface area contributed by atoms with E-state index in [0.29, 0.717) is 12.5 Å². The molecule has 1 N–H and O–H groups in total. The van der Waals surface area contributed by atoms with Gasteiger partial charge in [0.25, 0.3) is 0 Å². The van der Waals surface area contributed by atoms with Crippen LogP contribution in [0.4, 0.5) is 16.2 Å². The second kappa shape index (κ2) is 5.97. The van der Waals surface area contributed by atoms with Gasteiger partial charge >= 0.3 is 0 Å². The molecule has 0 aliphatic heterocycles. The van der Waals surface area contributed by atoms with Gasteiger partial charge in [-0.2, -0.15) is 4.98 Å². The molecule has 0 saturated carbocycles. The van der Waals surface area contributed by atoms with Gasteiger partial charge in [0, 0.05) is 26.8 Å². The molecular weight excluding hydrogens is 311 g/mol. The highest BCUT2D eigenvalue weighted by Crippen LogP contribution is 2.24. The van der Waals surface area contributed by atoms with Crippen LogP contribution >= 0.6 is 15.9 Å². The minimum Gasteiger partial charge on any atom is -0.357 e. The standard InChI is InChI=1S/C13H14BrFN4/c1-16-13-17-7-11(14)12(18-13)19(2)8-9-4-3-5-10(15)6-9/h3-7H,8H2,1-2H3,(H,16,17,18). The van der Waals surface area contributed by atoms with Crippen LogP contribution in [0.1, 0.15) is 5.56 Å². The van der Waals surface area contributed by atoms with Crippen molar-refractivity contribution >= 4 is 27.7 Å². The summed E-state index contributed by atoms with van der Waals surface area (Å²) in [6.07, 6.45) is 1.69. The third-order valence-electron chi connectivity index (χ3n) is 2.62. The summed E-state index contributed by atoms with van der Waals surface area (Å²) in [6, 6.07) is 6.54. The van der Waals surface area contributed by atoms with Crippen molar-refractivity contribution in [2.24, 2.45) is 0 Å². The maximum absolute atomic E-state index is 13.2. The van der Waals surface area contributed by atoms with Gasteiger partial charge in [0.2, 0.25) is 5.95 Å². The molecule has 1 aromatic heterocycles. The number of halogens is 2. The first kappa shape index (κ1) is 13.7. The second-order valence-electron chi connectivity index (χ2n) is 4.10. The van der Waals surface area contributed by atoms with E-state index in [1.807, 2.05) is 18.0 Å². The van der Waals surface area contributed by atoms with Gasteiger partial charge in [-0.25, -0.2) is 9.37 Å². The van der Waals surface area contributed by atoms with Crippen LogP contribution < -0.4 is 10.2 Å². The van der Waals surface area contributed by atoms with Crippen LogP contribution in [0.25, 0.3) is 0 Å². The number of aromatic nitrogens is 2. The molecule has 0 amide bonds. The van der Waals surface area contributed by atoms with E-state index >= 15 is 0 Å². The molecule has 2 aromatic rings. The number of nitrogens with zero attached hydrogens (tertiary/aromatic N) is 3. The molecule has 0 fully saturated rings. The predicted octanol–water partition coefficient (Wildman–Crippen LogP) is 3.06. The molecule has 0 bridgehead atoms. The zero-order valence-corrected chi connectivity index (χ0v) is 12.3. The van der Waals surface area contributed by atoms with Gasteiger partial charge in [-0.15, -0.1) is 0 Å². The van der Waals surface area contributed by atoms with Crippen LogP contribution in [-0.4, -0.2) is 24.1 Å². The first-order chi connectivity index (χ1) is 9.10. The Morgan fingerprint density at radius 3 is 2.89 bits per heavy atom. The average Bonchev–Trinajstić information content (AvgIpc) is 2.39. The van der Waals surface area contributed by atoms with E-state index < -0.39 is 0 Å². The number of anilines is 2. The van der Waals surface area contributed by atoms with Crippen molar-refractivity contribution in [3.05, 3.63) is 46.3 Å². The maximum atomic E-state index is 13.2. The van der Waals surface area contributed by atoms with Crippen molar-refractivity contribution < 1.29 is 4.39 Å². The van der Waals surface area contributed by atoms with E-state index in [9.17, 15) is 4.39 Å². The van der Waals surface area contributed by atoms with E-state index in [4.69, 9.17) is 0 Å². The van der Waals surface area contributed by atoms with E-state index in [-0.39, 0.29) is 5.82 Å². The molecule has 2 rings (SSSR count). The molecule has 0 unspecified atom stereocenters. The first-order valence-electron chi connectivity index (χ1n) is 5.76. The zero-order chi connectivity index (χ0) is 13.8. The lowest BCUT2D eigenvalue weighted by molar-refractivity contribution is 0.625. The van der Waals surface area contributed by atoms with Crippen LogP contribution in [-0.2, 0) is 6.54 Å². The summed E-state index contributed by atoms with van der Waals surface area (Å²) in [4.78, 5) is 10.4. The Labute approximate surface area is 119 Å². The topological polar surface area (TPSA) is 41.1 Å². The fourth-order valence-corrected chi connectivity index (χ4v) is 2.22. The Morgan fingerprint density at radius 2 is 2.21 bits per heavy atom. The van der Waals surface area contributed by atoms with Crippen molar-refractivity contribution in [2.75, 3.05) is 24.3 Å². The molecule has 100 valence electrons. The summed E-state index contributed by atoms with van der Waals surface area (Å²) >= 11 is 3.42. The number of rotatable bonds is 4. The van der Waals surface area contributed by atoms with Gasteiger partial charge in [0.1, 0.15) is 11.6 Å². The quantitative estimate of drug-likeness (QED) is 0.938. The Bertz CT molecular complexity index is 576. The molecule has 0 aliphatic rings. The fraction of sp³-hybridized carbons (Fsp3) is 0.231. The van der Waals surface area contributed by atoms with E-state index in [1.165, 1.54) is 12.1 Å². The summed E-state index contributed by atoms with van der Waals surface area (Å²) in [6.45, 7) is 0.566. The molecule has 0 aliphatic carbocycles. The SMILES string of the molecule is CNc1ncc(Br)c(N(C)Cc2cccc(F)c2)n1. The molecule has 1 aromatic carbocycles. The molecule has 19 heavy (non-hydrogen) atoms. The predicted molar refractivity (Wildman–Crippen MR) is 77.8 cm³/mol. The van der Waals surface area contributed by atoms with E-state index in [0.717, 1.165) is 15.9 Å². The lowest BCUT2D eigenvalue weighted by Crippen LogP contribution is -2.19. The molecule has 0 spiro atoms. The summed E-state index contributed by atoms with van der Waals surface area (Å²) in [5.41, 5.74) is 0.888. The van der Waals surface area contributed by atoms with Gasteiger partial charge in [-0.05, 0) is 33.6 Å². The monoisotopic (exact) mass is 324 g/mol. The summed E-state index contributed by atoms with van der Waals surface area (Å²) in [5.74, 6) is 1.07. The first-order valence-corrected chi connectivity index (χ1v) is 6.55. The van der Waals surface area contributed by atoms with Crippen molar-refractivity contribution in [2.45, 2.75) is 6.54 Å². The second-order valence-corrected chi connectivity index (χ2v) is 4.96. The lowest BCUT2D eigenvalue weighted by Gasteiger charge is -2.20. The summed E-state index contributed by atoms with van der Waals surface area (Å²) in [7, 11) is 3.66. The van der Waals surface area contributed by atoms with Gasteiger partial charge < -0.3 is 10.2 Å². The molecule has 0 radical (unpaired) electrons. The molecule has 0 atom stereocenters. The van der Waals surface area contributed by atoms with Crippen LogP contribution in [0.3, 0.4) is 0 Å². The van der Waals surface area contributed by atoms with Gasteiger partial charge in [-0.1, -0.05) is 12.1 Å². The summed E-state index contributed by atoms with van der Waals surface area (Å²) in [5, 5.41) is 2.89. The highest BCUT2D eigenvalue weighted by molar-refractivity contribution is 9.10.